The number of aromatic nitrogens is 2. The van der Waals surface area contributed by atoms with Gasteiger partial charge in [0, 0.05) is 43.2 Å². The molecule has 15 heteroatoms. The zero-order chi connectivity index (χ0) is 30.6. The van der Waals surface area contributed by atoms with Crippen molar-refractivity contribution in [3.05, 3.63) is 21.5 Å². The molecular formula is C26H41N6O6S3+. The van der Waals surface area contributed by atoms with Crippen LogP contribution in [0.1, 0.15) is 49.6 Å². The minimum absolute atomic E-state index is 0.167. The highest BCUT2D eigenvalue weighted by atomic mass is 32.2. The fourth-order valence-corrected chi connectivity index (χ4v) is 5.56. The Morgan fingerprint density at radius 3 is 2.44 bits per heavy atom. The van der Waals surface area contributed by atoms with E-state index < -0.39 is 29.6 Å². The van der Waals surface area contributed by atoms with Crippen LogP contribution in [0.5, 0.6) is 0 Å². The summed E-state index contributed by atoms with van der Waals surface area (Å²) in [7, 11) is 0.356. The molecule has 2 rings (SSSR count). The van der Waals surface area contributed by atoms with Crippen molar-refractivity contribution in [2.24, 2.45) is 5.92 Å². The van der Waals surface area contributed by atoms with Gasteiger partial charge in [0.2, 0.25) is 11.8 Å². The van der Waals surface area contributed by atoms with Gasteiger partial charge in [-0.1, -0.05) is 6.92 Å². The summed E-state index contributed by atoms with van der Waals surface area (Å²) in [5.74, 6) is -0.858. The molecule has 4 amide bonds. The van der Waals surface area contributed by atoms with E-state index in [1.54, 1.807) is 26.2 Å². The molecule has 228 valence electrons. The second-order valence-electron chi connectivity index (χ2n) is 10.5. The number of hydrogen-bond acceptors (Lipinski definition) is 10. The van der Waals surface area contributed by atoms with Gasteiger partial charge in [0.15, 0.2) is 0 Å². The number of ether oxygens (including phenoxy) is 1. The number of rotatable bonds is 15. The summed E-state index contributed by atoms with van der Waals surface area (Å²) in [6, 6.07) is 0. The zero-order valence-corrected chi connectivity index (χ0v) is 26.8. The SMILES string of the molecule is C[C@H](C(=O)NCC(=O)NCCc1nc(-c2nc(C(=O)NCCC[S+](C)C)cs2)cs1)[C@H](O)CNC(=O)OC(C)(C)C. The number of carbonyl (C=O) groups is 4. The molecule has 0 spiro atoms. The average molecular weight is 630 g/mol. The maximum absolute atomic E-state index is 12.3. The summed E-state index contributed by atoms with van der Waals surface area (Å²) < 4.78 is 5.10. The molecular weight excluding hydrogens is 589 g/mol. The van der Waals surface area contributed by atoms with Gasteiger partial charge in [-0.05, 0) is 31.7 Å². The maximum Gasteiger partial charge on any atom is 0.407 e. The summed E-state index contributed by atoms with van der Waals surface area (Å²) >= 11 is 2.79. The van der Waals surface area contributed by atoms with Crippen molar-refractivity contribution in [3.8, 4) is 10.7 Å². The quantitative estimate of drug-likeness (QED) is 0.146. The molecule has 0 aliphatic rings. The monoisotopic (exact) mass is 629 g/mol. The van der Waals surface area contributed by atoms with Crippen molar-refractivity contribution in [2.45, 2.75) is 52.2 Å². The van der Waals surface area contributed by atoms with Crippen molar-refractivity contribution in [1.29, 1.82) is 0 Å². The number of alkyl carbamates (subject to hydrolysis) is 1. The van der Waals surface area contributed by atoms with Gasteiger partial charge < -0.3 is 31.1 Å². The van der Waals surface area contributed by atoms with E-state index in [9.17, 15) is 24.3 Å². The van der Waals surface area contributed by atoms with E-state index in [4.69, 9.17) is 4.74 Å². The number of thiazole rings is 2. The van der Waals surface area contributed by atoms with Gasteiger partial charge in [-0.25, -0.2) is 14.8 Å². The minimum Gasteiger partial charge on any atom is -0.444 e. The van der Waals surface area contributed by atoms with Gasteiger partial charge in [0.05, 0.1) is 36.1 Å². The second-order valence-corrected chi connectivity index (χ2v) is 14.7. The fourth-order valence-electron chi connectivity index (χ4n) is 3.23. The van der Waals surface area contributed by atoms with Gasteiger partial charge in [-0.3, -0.25) is 14.4 Å². The van der Waals surface area contributed by atoms with Crippen LogP contribution >= 0.6 is 22.7 Å². The van der Waals surface area contributed by atoms with Crippen molar-refractivity contribution in [2.75, 3.05) is 44.4 Å². The first-order valence-corrected chi connectivity index (χ1v) is 17.1. The maximum atomic E-state index is 12.3. The number of nitrogens with one attached hydrogen (secondary N) is 4. The van der Waals surface area contributed by atoms with Crippen molar-refractivity contribution in [1.82, 2.24) is 31.2 Å². The molecule has 0 fully saturated rings. The first kappa shape index (κ1) is 34.5. The van der Waals surface area contributed by atoms with Gasteiger partial charge >= 0.3 is 6.09 Å². The van der Waals surface area contributed by atoms with Crippen LogP contribution in [0.15, 0.2) is 10.8 Å². The molecule has 0 bridgehead atoms. The van der Waals surface area contributed by atoms with Crippen LogP contribution in [0.3, 0.4) is 0 Å². The number of hydrogen-bond donors (Lipinski definition) is 5. The molecule has 12 nitrogen and oxygen atoms in total. The van der Waals surface area contributed by atoms with E-state index in [2.05, 4.69) is 43.7 Å². The average Bonchev–Trinajstić information content (AvgIpc) is 3.57. The molecule has 0 radical (unpaired) electrons. The van der Waals surface area contributed by atoms with Crippen LogP contribution < -0.4 is 21.3 Å². The van der Waals surface area contributed by atoms with E-state index in [-0.39, 0.29) is 24.9 Å². The first-order valence-electron chi connectivity index (χ1n) is 13.2. The molecule has 2 atom stereocenters. The molecule has 0 aromatic carbocycles. The molecule has 0 aliphatic carbocycles. The lowest BCUT2D eigenvalue weighted by molar-refractivity contribution is -0.130. The third kappa shape index (κ3) is 13.2. The normalized spacial score (nSPS) is 12.9. The lowest BCUT2D eigenvalue weighted by atomic mass is 10.0. The van der Waals surface area contributed by atoms with Crippen molar-refractivity contribution in [3.63, 3.8) is 0 Å². The topological polar surface area (TPSA) is 172 Å². The van der Waals surface area contributed by atoms with E-state index >= 15 is 0 Å². The highest BCUT2D eigenvalue weighted by molar-refractivity contribution is 7.95. The van der Waals surface area contributed by atoms with Crippen LogP contribution in [-0.4, -0.2) is 95.0 Å². The number of amides is 4. The molecule has 0 saturated heterocycles. The van der Waals surface area contributed by atoms with Crippen LogP contribution in [0, 0.1) is 5.92 Å². The number of nitrogens with zero attached hydrogens (tertiary/aromatic N) is 2. The van der Waals surface area contributed by atoms with Crippen molar-refractivity contribution < 1.29 is 29.0 Å². The summed E-state index contributed by atoms with van der Waals surface area (Å²) in [4.78, 5) is 57.5. The van der Waals surface area contributed by atoms with Gasteiger partial charge in [0.1, 0.15) is 27.7 Å². The van der Waals surface area contributed by atoms with E-state index in [0.717, 1.165) is 17.2 Å². The predicted molar refractivity (Wildman–Crippen MR) is 163 cm³/mol. The van der Waals surface area contributed by atoms with Crippen molar-refractivity contribution >= 4 is 57.4 Å². The highest BCUT2D eigenvalue weighted by Crippen LogP contribution is 2.25. The minimum atomic E-state index is -1.15. The number of carbonyl (C=O) groups excluding carboxylic acids is 4. The summed E-state index contributed by atoms with van der Waals surface area (Å²) in [6.45, 7) is 7.19. The molecule has 2 aromatic rings. The molecule has 0 unspecified atom stereocenters. The Morgan fingerprint density at radius 1 is 1.02 bits per heavy atom. The van der Waals surface area contributed by atoms with E-state index in [0.29, 0.717) is 46.8 Å². The zero-order valence-electron chi connectivity index (χ0n) is 24.4. The smallest absolute Gasteiger partial charge is 0.407 e. The Balaban J connectivity index is 1.69. The number of aliphatic hydroxyl groups excluding tert-OH is 1. The molecule has 0 aliphatic heterocycles. The Kier molecular flexibility index (Phi) is 14.0. The Bertz CT molecular complexity index is 1160. The molecule has 0 saturated carbocycles. The summed E-state index contributed by atoms with van der Waals surface area (Å²) in [6.07, 6.45) is 3.94. The van der Waals surface area contributed by atoms with E-state index in [1.165, 1.54) is 29.6 Å². The Labute approximate surface area is 251 Å². The second kappa shape index (κ2) is 16.6. The largest absolute Gasteiger partial charge is 0.444 e. The molecule has 5 N–H and O–H groups in total. The Morgan fingerprint density at radius 2 is 1.76 bits per heavy atom. The lowest BCUT2D eigenvalue weighted by Crippen LogP contribution is -2.45. The third-order valence-electron chi connectivity index (χ3n) is 5.45. The van der Waals surface area contributed by atoms with Gasteiger partial charge in [0.25, 0.3) is 5.91 Å². The third-order valence-corrected chi connectivity index (χ3v) is 8.33. The number of aliphatic hydroxyl groups is 1. The molecule has 2 heterocycles. The van der Waals surface area contributed by atoms with Crippen LogP contribution in [-0.2, 0) is 31.6 Å². The van der Waals surface area contributed by atoms with Gasteiger partial charge in [-0.2, -0.15) is 0 Å². The molecule has 2 aromatic heterocycles. The lowest BCUT2D eigenvalue weighted by Gasteiger charge is -2.22. The predicted octanol–water partition coefficient (Wildman–Crippen LogP) is 1.56. The summed E-state index contributed by atoms with van der Waals surface area (Å²) in [5, 5.41) is 25.8. The first-order chi connectivity index (χ1) is 19.2. The Hall–Kier alpha value is -2.75. The van der Waals surface area contributed by atoms with Crippen LogP contribution in [0.4, 0.5) is 4.79 Å². The fraction of sp³-hybridized carbons (Fsp3) is 0.615. The van der Waals surface area contributed by atoms with Crippen LogP contribution in [0.2, 0.25) is 0 Å². The van der Waals surface area contributed by atoms with E-state index in [1.807, 2.05) is 5.38 Å². The van der Waals surface area contributed by atoms with Gasteiger partial charge in [-0.15, -0.1) is 22.7 Å². The highest BCUT2D eigenvalue weighted by Gasteiger charge is 2.24. The molecule has 41 heavy (non-hydrogen) atoms. The van der Waals surface area contributed by atoms with Crippen LogP contribution in [0.25, 0.3) is 10.7 Å². The summed E-state index contributed by atoms with van der Waals surface area (Å²) in [5.41, 5.74) is 0.383. The standard InChI is InChI=1S/C26H40N6O6S3/c1-16(19(33)12-30-25(37)38-26(2,3)4)22(35)29-13-20(34)27-10-8-21-31-18(15-39-21)24-32-17(14-40-24)23(36)28-9-7-11-41(5)6/h14-16,19,33H,7-13H2,1-6H3,(H3-,27,28,29,30,34,35,36,37)/p+1/t16-,19+/m0/s1.